The molecule has 0 radical (unpaired) electrons. The van der Waals surface area contributed by atoms with Gasteiger partial charge in [0.1, 0.15) is 17.6 Å². The van der Waals surface area contributed by atoms with Crippen molar-refractivity contribution < 1.29 is 27.5 Å². The summed E-state index contributed by atoms with van der Waals surface area (Å²) in [5, 5.41) is 4.82. The van der Waals surface area contributed by atoms with Crippen molar-refractivity contribution in [1.29, 1.82) is 0 Å². The Bertz CT molecular complexity index is 839. The fourth-order valence-electron chi connectivity index (χ4n) is 2.29. The summed E-state index contributed by atoms with van der Waals surface area (Å²) in [6.07, 6.45) is 0. The van der Waals surface area contributed by atoms with Crippen molar-refractivity contribution in [3.63, 3.8) is 0 Å². The van der Waals surface area contributed by atoms with Crippen LogP contribution in [0.2, 0.25) is 0 Å². The molecule has 2 aromatic rings. The third-order valence-electron chi connectivity index (χ3n) is 3.79. The quantitative estimate of drug-likeness (QED) is 0.810. The summed E-state index contributed by atoms with van der Waals surface area (Å²) in [6, 6.07) is 6.72. The molecule has 1 atom stereocenters. The SMILES string of the molecule is CNC(=O)C(NC(=O)C(C)(C)Oc1ccc(F)cc1)c1ccc(F)c(F)c1. The molecule has 27 heavy (non-hydrogen) atoms. The number of ether oxygens (including phenoxy) is 1. The van der Waals surface area contributed by atoms with Gasteiger partial charge in [-0.1, -0.05) is 6.07 Å². The molecule has 0 aromatic heterocycles. The molecule has 144 valence electrons. The van der Waals surface area contributed by atoms with Crippen molar-refractivity contribution in [3.05, 3.63) is 65.5 Å². The topological polar surface area (TPSA) is 67.4 Å². The Kier molecular flexibility index (Phi) is 6.09. The van der Waals surface area contributed by atoms with E-state index < -0.39 is 40.9 Å². The highest BCUT2D eigenvalue weighted by atomic mass is 19.2. The molecule has 0 aliphatic rings. The molecule has 0 aliphatic heterocycles. The van der Waals surface area contributed by atoms with Crippen LogP contribution in [0, 0.1) is 17.5 Å². The molecular weight excluding hydrogens is 361 g/mol. The second-order valence-corrected chi connectivity index (χ2v) is 6.26. The largest absolute Gasteiger partial charge is 0.478 e. The summed E-state index contributed by atoms with van der Waals surface area (Å²) in [7, 11) is 1.35. The van der Waals surface area contributed by atoms with E-state index >= 15 is 0 Å². The Labute approximate surface area is 154 Å². The van der Waals surface area contributed by atoms with Crippen LogP contribution in [0.3, 0.4) is 0 Å². The molecule has 0 heterocycles. The summed E-state index contributed by atoms with van der Waals surface area (Å²) in [5.41, 5.74) is -1.36. The molecule has 2 amide bonds. The van der Waals surface area contributed by atoms with Crippen molar-refractivity contribution in [1.82, 2.24) is 10.6 Å². The van der Waals surface area contributed by atoms with E-state index in [1.807, 2.05) is 0 Å². The average molecular weight is 380 g/mol. The monoisotopic (exact) mass is 380 g/mol. The molecule has 0 aliphatic carbocycles. The molecule has 2 aromatic carbocycles. The third kappa shape index (κ3) is 4.99. The number of nitrogens with one attached hydrogen (secondary N) is 2. The Balaban J connectivity index is 2.22. The predicted molar refractivity (Wildman–Crippen MR) is 92.4 cm³/mol. The first-order valence-corrected chi connectivity index (χ1v) is 8.06. The van der Waals surface area contributed by atoms with Gasteiger partial charge in [-0.3, -0.25) is 9.59 Å². The standard InChI is InChI=1S/C19H19F3N2O3/c1-19(2,27-13-7-5-12(20)6-8-13)18(26)24-16(17(25)23-3)11-4-9-14(21)15(22)10-11/h4-10,16H,1-3H3,(H,23,25)(H,24,26). The summed E-state index contributed by atoms with van der Waals surface area (Å²) in [6.45, 7) is 2.91. The third-order valence-corrected chi connectivity index (χ3v) is 3.79. The molecule has 1 unspecified atom stereocenters. The molecule has 0 fully saturated rings. The molecule has 0 bridgehead atoms. The maximum absolute atomic E-state index is 13.5. The van der Waals surface area contributed by atoms with Crippen LogP contribution >= 0.6 is 0 Å². The predicted octanol–water partition coefficient (Wildman–Crippen LogP) is 2.86. The van der Waals surface area contributed by atoms with Crippen molar-refractivity contribution in [3.8, 4) is 5.75 Å². The number of hydrogen-bond acceptors (Lipinski definition) is 3. The smallest absolute Gasteiger partial charge is 0.264 e. The molecule has 2 N–H and O–H groups in total. The van der Waals surface area contributed by atoms with Gasteiger partial charge in [0.15, 0.2) is 17.2 Å². The van der Waals surface area contributed by atoms with E-state index in [1.54, 1.807) is 0 Å². The first-order chi connectivity index (χ1) is 12.6. The van der Waals surface area contributed by atoms with Crippen LogP contribution in [0.25, 0.3) is 0 Å². The summed E-state index contributed by atoms with van der Waals surface area (Å²) in [5.74, 6) is -3.71. The highest BCUT2D eigenvalue weighted by Gasteiger charge is 2.34. The Morgan fingerprint density at radius 3 is 2.19 bits per heavy atom. The minimum atomic E-state index is -1.43. The van der Waals surface area contributed by atoms with Gasteiger partial charge in [0.25, 0.3) is 5.91 Å². The fourth-order valence-corrected chi connectivity index (χ4v) is 2.29. The number of likely N-dealkylation sites (N-methyl/N-ethyl adjacent to an activating group) is 1. The molecule has 8 heteroatoms. The van der Waals surface area contributed by atoms with Crippen LogP contribution in [0.1, 0.15) is 25.5 Å². The minimum absolute atomic E-state index is 0.0687. The first-order valence-electron chi connectivity index (χ1n) is 8.06. The van der Waals surface area contributed by atoms with E-state index in [0.29, 0.717) is 0 Å². The van der Waals surface area contributed by atoms with Gasteiger partial charge in [0.2, 0.25) is 5.91 Å². The molecule has 0 saturated heterocycles. The zero-order valence-electron chi connectivity index (χ0n) is 15.0. The van der Waals surface area contributed by atoms with Gasteiger partial charge in [0.05, 0.1) is 0 Å². The Morgan fingerprint density at radius 1 is 1.00 bits per heavy atom. The van der Waals surface area contributed by atoms with Gasteiger partial charge in [-0.05, 0) is 55.8 Å². The van der Waals surface area contributed by atoms with Crippen molar-refractivity contribution in [2.45, 2.75) is 25.5 Å². The Morgan fingerprint density at radius 2 is 1.63 bits per heavy atom. The zero-order valence-corrected chi connectivity index (χ0v) is 15.0. The highest BCUT2D eigenvalue weighted by Crippen LogP contribution is 2.22. The molecule has 2 rings (SSSR count). The Hall–Kier alpha value is -3.03. The van der Waals surface area contributed by atoms with Crippen molar-refractivity contribution in [2.24, 2.45) is 0 Å². The lowest BCUT2D eigenvalue weighted by Gasteiger charge is -2.28. The maximum Gasteiger partial charge on any atom is 0.264 e. The maximum atomic E-state index is 13.5. The van der Waals surface area contributed by atoms with Gasteiger partial charge in [-0.2, -0.15) is 0 Å². The van der Waals surface area contributed by atoms with Crippen LogP contribution in [0.5, 0.6) is 5.75 Å². The number of hydrogen-bond donors (Lipinski definition) is 2. The van der Waals surface area contributed by atoms with Crippen LogP contribution in [0.15, 0.2) is 42.5 Å². The number of halogens is 3. The zero-order chi connectivity index (χ0) is 20.2. The fraction of sp³-hybridized carbons (Fsp3) is 0.263. The van der Waals surface area contributed by atoms with Gasteiger partial charge in [-0.15, -0.1) is 0 Å². The van der Waals surface area contributed by atoms with Crippen molar-refractivity contribution in [2.75, 3.05) is 7.05 Å². The van der Waals surface area contributed by atoms with Gasteiger partial charge >= 0.3 is 0 Å². The van der Waals surface area contributed by atoms with E-state index in [-0.39, 0.29) is 11.3 Å². The van der Waals surface area contributed by atoms with Gasteiger partial charge in [0, 0.05) is 7.05 Å². The first kappa shape index (κ1) is 20.3. The highest BCUT2D eigenvalue weighted by molar-refractivity contribution is 5.91. The number of benzene rings is 2. The summed E-state index contributed by atoms with van der Waals surface area (Å²) < 4.78 is 45.2. The lowest BCUT2D eigenvalue weighted by Crippen LogP contribution is -2.50. The average Bonchev–Trinajstić information content (AvgIpc) is 2.63. The lowest BCUT2D eigenvalue weighted by atomic mass is 10.0. The molecule has 5 nitrogen and oxygen atoms in total. The van der Waals surface area contributed by atoms with E-state index in [1.165, 1.54) is 51.2 Å². The minimum Gasteiger partial charge on any atom is -0.478 e. The van der Waals surface area contributed by atoms with Crippen LogP contribution in [-0.2, 0) is 9.59 Å². The number of carbonyl (C=O) groups is 2. The van der Waals surface area contributed by atoms with E-state index in [0.717, 1.165) is 12.1 Å². The van der Waals surface area contributed by atoms with Crippen LogP contribution in [0.4, 0.5) is 13.2 Å². The van der Waals surface area contributed by atoms with Gasteiger partial charge in [-0.25, -0.2) is 13.2 Å². The summed E-state index contributed by atoms with van der Waals surface area (Å²) >= 11 is 0. The van der Waals surface area contributed by atoms with Crippen molar-refractivity contribution >= 4 is 11.8 Å². The van der Waals surface area contributed by atoms with E-state index in [4.69, 9.17) is 4.74 Å². The summed E-state index contributed by atoms with van der Waals surface area (Å²) in [4.78, 5) is 24.8. The number of carbonyl (C=O) groups excluding carboxylic acids is 2. The van der Waals surface area contributed by atoms with E-state index in [9.17, 15) is 22.8 Å². The molecular formula is C19H19F3N2O3. The molecule has 0 spiro atoms. The normalized spacial score (nSPS) is 12.2. The molecule has 0 saturated carbocycles. The number of amides is 2. The lowest BCUT2D eigenvalue weighted by molar-refractivity contribution is -0.137. The van der Waals surface area contributed by atoms with Crippen LogP contribution in [-0.4, -0.2) is 24.5 Å². The van der Waals surface area contributed by atoms with Crippen LogP contribution < -0.4 is 15.4 Å². The number of rotatable bonds is 6. The van der Waals surface area contributed by atoms with E-state index in [2.05, 4.69) is 10.6 Å². The van der Waals surface area contributed by atoms with Gasteiger partial charge < -0.3 is 15.4 Å². The second-order valence-electron chi connectivity index (χ2n) is 6.26. The second kappa shape index (κ2) is 8.11.